The van der Waals surface area contributed by atoms with Crippen LogP contribution in [0.2, 0.25) is 0 Å². The first kappa shape index (κ1) is 11.9. The number of aryl methyl sites for hydroxylation is 1. The normalized spacial score (nSPS) is 10.3. The molecule has 3 N–H and O–H groups in total. The maximum Gasteiger partial charge on any atom is 0.330 e. The zero-order valence-electron chi connectivity index (χ0n) is 9.57. The van der Waals surface area contributed by atoms with Crippen molar-refractivity contribution in [1.82, 2.24) is 19.5 Å². The van der Waals surface area contributed by atoms with Gasteiger partial charge in [-0.1, -0.05) is 6.92 Å². The summed E-state index contributed by atoms with van der Waals surface area (Å²) in [5.41, 5.74) is 2.05. The molecule has 0 unspecified atom stereocenters. The molecule has 2 heterocycles. The molecule has 0 aromatic carbocycles. The van der Waals surface area contributed by atoms with Crippen LogP contribution in [0.5, 0.6) is 0 Å². The summed E-state index contributed by atoms with van der Waals surface area (Å²) in [5, 5.41) is 11.0. The zero-order chi connectivity index (χ0) is 13.1. The quantitative estimate of drug-likeness (QED) is 0.457. The van der Waals surface area contributed by atoms with E-state index in [1.54, 1.807) is 17.0 Å². The number of nitrogens with zero attached hydrogens (tertiary/aromatic N) is 5. The maximum atomic E-state index is 11.0. The Morgan fingerprint density at radius 2 is 2.33 bits per heavy atom. The fourth-order valence-electron chi connectivity index (χ4n) is 1.53. The molecule has 9 heteroatoms. The van der Waals surface area contributed by atoms with Gasteiger partial charge in [0.05, 0.1) is 4.92 Å². The molecule has 0 saturated carbocycles. The molecule has 0 aliphatic carbocycles. The maximum absolute atomic E-state index is 11.0. The van der Waals surface area contributed by atoms with Crippen molar-refractivity contribution < 1.29 is 4.92 Å². The van der Waals surface area contributed by atoms with Crippen LogP contribution >= 0.6 is 0 Å². The van der Waals surface area contributed by atoms with E-state index in [9.17, 15) is 10.1 Å². The zero-order valence-corrected chi connectivity index (χ0v) is 9.57. The van der Waals surface area contributed by atoms with Gasteiger partial charge in [0.1, 0.15) is 12.0 Å². The Bertz CT molecular complexity index is 580. The number of nitrogens with two attached hydrogens (primary N) is 1. The van der Waals surface area contributed by atoms with Gasteiger partial charge in [0, 0.05) is 18.8 Å². The van der Waals surface area contributed by atoms with Gasteiger partial charge in [-0.2, -0.15) is 4.98 Å². The van der Waals surface area contributed by atoms with Gasteiger partial charge in [-0.15, -0.1) is 0 Å². The Morgan fingerprint density at radius 3 is 2.94 bits per heavy atom. The summed E-state index contributed by atoms with van der Waals surface area (Å²) in [5.74, 6) is 6.11. The van der Waals surface area contributed by atoms with Crippen LogP contribution in [-0.4, -0.2) is 24.4 Å². The lowest BCUT2D eigenvalue weighted by Crippen LogP contribution is -2.14. The van der Waals surface area contributed by atoms with E-state index >= 15 is 0 Å². The third-order valence-electron chi connectivity index (χ3n) is 2.34. The van der Waals surface area contributed by atoms with Gasteiger partial charge in [0.2, 0.25) is 11.8 Å². The van der Waals surface area contributed by atoms with Crippen molar-refractivity contribution in [3.05, 3.63) is 34.5 Å². The van der Waals surface area contributed by atoms with Crippen molar-refractivity contribution >= 4 is 11.6 Å². The average Bonchev–Trinajstić information content (AvgIpc) is 2.85. The summed E-state index contributed by atoms with van der Waals surface area (Å²) in [4.78, 5) is 22.2. The van der Waals surface area contributed by atoms with Gasteiger partial charge in [0.25, 0.3) is 0 Å². The van der Waals surface area contributed by atoms with E-state index in [0.717, 1.165) is 6.20 Å². The summed E-state index contributed by atoms with van der Waals surface area (Å²) in [6.07, 6.45) is 4.89. The third-order valence-corrected chi connectivity index (χ3v) is 2.34. The average molecular weight is 249 g/mol. The first-order valence-corrected chi connectivity index (χ1v) is 5.18. The molecular weight excluding hydrogens is 238 g/mol. The highest BCUT2D eigenvalue weighted by Crippen LogP contribution is 2.21. The van der Waals surface area contributed by atoms with E-state index in [1.807, 2.05) is 6.92 Å². The highest BCUT2D eigenvalue weighted by Gasteiger charge is 2.20. The van der Waals surface area contributed by atoms with E-state index in [2.05, 4.69) is 20.4 Å². The summed E-state index contributed by atoms with van der Waals surface area (Å²) in [6.45, 7) is 1.90. The number of hydrogen-bond donors (Lipinski definition) is 2. The second-order valence-electron chi connectivity index (χ2n) is 3.37. The summed E-state index contributed by atoms with van der Waals surface area (Å²) >= 11 is 0. The molecular formula is C9H11N7O2. The van der Waals surface area contributed by atoms with Crippen LogP contribution in [0.4, 0.5) is 11.6 Å². The number of hydrazine groups is 1. The largest absolute Gasteiger partial charge is 0.330 e. The van der Waals surface area contributed by atoms with Crippen LogP contribution < -0.4 is 11.3 Å². The molecule has 0 aliphatic rings. The standard InChI is InChI=1S/C9H11N7O2/c1-2-7-11-3-4-15(7)8-6(16(17)18)5-12-9(13-8)14-10/h3-5H,2,10H2,1H3,(H,12,13,14). The first-order chi connectivity index (χ1) is 8.67. The van der Waals surface area contributed by atoms with Gasteiger partial charge in [-0.3, -0.25) is 20.1 Å². The first-order valence-electron chi connectivity index (χ1n) is 5.18. The molecule has 9 nitrogen and oxygen atoms in total. The summed E-state index contributed by atoms with van der Waals surface area (Å²) < 4.78 is 1.54. The monoisotopic (exact) mass is 249 g/mol. The molecule has 2 rings (SSSR count). The number of rotatable bonds is 4. The van der Waals surface area contributed by atoms with Crippen molar-refractivity contribution in [2.24, 2.45) is 5.84 Å². The van der Waals surface area contributed by atoms with Crippen LogP contribution in [0.3, 0.4) is 0 Å². The molecule has 0 atom stereocenters. The Balaban J connectivity index is 2.63. The molecule has 0 amide bonds. The van der Waals surface area contributed by atoms with E-state index in [-0.39, 0.29) is 17.5 Å². The molecule has 0 fully saturated rings. The molecule has 0 saturated heterocycles. The van der Waals surface area contributed by atoms with E-state index in [4.69, 9.17) is 5.84 Å². The third kappa shape index (κ3) is 1.98. The number of hydrogen-bond acceptors (Lipinski definition) is 7. The number of nitrogen functional groups attached to an aromatic ring is 1. The molecule has 0 spiro atoms. The summed E-state index contributed by atoms with van der Waals surface area (Å²) in [6, 6.07) is 0. The fraction of sp³-hybridized carbons (Fsp3) is 0.222. The summed E-state index contributed by atoms with van der Waals surface area (Å²) in [7, 11) is 0. The lowest BCUT2D eigenvalue weighted by molar-refractivity contribution is -0.385. The van der Waals surface area contributed by atoms with E-state index < -0.39 is 4.92 Å². The number of aromatic nitrogens is 4. The molecule has 2 aromatic heterocycles. The fourth-order valence-corrected chi connectivity index (χ4v) is 1.53. The number of nitro groups is 1. The lowest BCUT2D eigenvalue weighted by atomic mass is 10.4. The van der Waals surface area contributed by atoms with Crippen molar-refractivity contribution in [3.63, 3.8) is 0 Å². The van der Waals surface area contributed by atoms with Gasteiger partial charge in [-0.25, -0.2) is 15.8 Å². The second kappa shape index (κ2) is 4.75. The Morgan fingerprint density at radius 1 is 1.56 bits per heavy atom. The van der Waals surface area contributed by atoms with Crippen LogP contribution in [0.15, 0.2) is 18.6 Å². The number of anilines is 1. The Kier molecular flexibility index (Phi) is 3.15. The van der Waals surface area contributed by atoms with E-state index in [1.165, 1.54) is 0 Å². The van der Waals surface area contributed by atoms with Crippen LogP contribution in [0.25, 0.3) is 5.82 Å². The number of imidazole rings is 1. The van der Waals surface area contributed by atoms with Crippen molar-refractivity contribution in [1.29, 1.82) is 0 Å². The Hall–Kier alpha value is -2.55. The topological polar surface area (TPSA) is 125 Å². The SMILES string of the molecule is CCc1nccn1-c1nc(NN)ncc1[N+](=O)[O-]. The van der Waals surface area contributed by atoms with Crippen molar-refractivity contribution in [2.45, 2.75) is 13.3 Å². The lowest BCUT2D eigenvalue weighted by Gasteiger charge is -2.07. The minimum atomic E-state index is -0.547. The molecule has 94 valence electrons. The van der Waals surface area contributed by atoms with Gasteiger partial charge >= 0.3 is 5.69 Å². The minimum absolute atomic E-state index is 0.103. The predicted octanol–water partition coefficient (Wildman–Crippen LogP) is 0.419. The molecule has 18 heavy (non-hydrogen) atoms. The van der Waals surface area contributed by atoms with E-state index in [0.29, 0.717) is 12.2 Å². The van der Waals surface area contributed by atoms with Crippen molar-refractivity contribution in [3.8, 4) is 5.82 Å². The smallest absolute Gasteiger partial charge is 0.292 e. The molecule has 0 radical (unpaired) electrons. The van der Waals surface area contributed by atoms with Gasteiger partial charge in [-0.05, 0) is 0 Å². The predicted molar refractivity (Wildman–Crippen MR) is 63.0 cm³/mol. The Labute approximate surface area is 102 Å². The van der Waals surface area contributed by atoms with Crippen molar-refractivity contribution in [2.75, 3.05) is 5.43 Å². The van der Waals surface area contributed by atoms with Crippen LogP contribution in [0.1, 0.15) is 12.7 Å². The molecule has 0 aliphatic heterocycles. The highest BCUT2D eigenvalue weighted by molar-refractivity contribution is 5.49. The molecule has 2 aromatic rings. The van der Waals surface area contributed by atoms with Crippen LogP contribution in [-0.2, 0) is 6.42 Å². The van der Waals surface area contributed by atoms with Gasteiger partial charge in [0.15, 0.2) is 0 Å². The highest BCUT2D eigenvalue weighted by atomic mass is 16.6. The van der Waals surface area contributed by atoms with Gasteiger partial charge < -0.3 is 0 Å². The van der Waals surface area contributed by atoms with Crippen LogP contribution in [0, 0.1) is 10.1 Å². The second-order valence-corrected chi connectivity index (χ2v) is 3.37. The minimum Gasteiger partial charge on any atom is -0.292 e. The molecule has 0 bridgehead atoms. The number of nitrogens with one attached hydrogen (secondary N) is 1.